The fraction of sp³-hybridized carbons (Fsp3) is 0.500. The third-order valence-electron chi connectivity index (χ3n) is 3.59. The fourth-order valence-electron chi connectivity index (χ4n) is 2.50. The lowest BCUT2D eigenvalue weighted by atomic mass is 10.1. The highest BCUT2D eigenvalue weighted by molar-refractivity contribution is 9.10. The summed E-state index contributed by atoms with van der Waals surface area (Å²) in [6.07, 6.45) is 2.98. The number of ether oxygens (including phenoxy) is 1. The summed E-state index contributed by atoms with van der Waals surface area (Å²) < 4.78 is 8.05. The van der Waals surface area contributed by atoms with Crippen molar-refractivity contribution in [3.8, 4) is 0 Å². The molecule has 0 aliphatic carbocycles. The summed E-state index contributed by atoms with van der Waals surface area (Å²) in [5.74, 6) is 2.33. The second kappa shape index (κ2) is 6.83. The third kappa shape index (κ3) is 3.22. The monoisotopic (exact) mass is 387 g/mol. The van der Waals surface area contributed by atoms with E-state index < -0.39 is 0 Å². The van der Waals surface area contributed by atoms with E-state index in [-0.39, 0.29) is 6.04 Å². The quantitative estimate of drug-likeness (QED) is 0.855. The summed E-state index contributed by atoms with van der Waals surface area (Å²) in [5.41, 5.74) is 9.00. The van der Waals surface area contributed by atoms with E-state index in [2.05, 4.69) is 27.1 Å². The standard InChI is InChI=1S/C14H18BrN3OS2/c1-19-4-3-18-14(10(15)7-17-18)13(16)12-6-9-8-20-5-2-11(9)21-12/h6-7,13H,2-5,8,16H2,1H3. The van der Waals surface area contributed by atoms with Crippen LogP contribution in [0.2, 0.25) is 0 Å². The Hall–Kier alpha value is -0.340. The molecule has 2 aromatic heterocycles. The van der Waals surface area contributed by atoms with Gasteiger partial charge in [0.15, 0.2) is 0 Å². The minimum Gasteiger partial charge on any atom is -0.383 e. The molecule has 7 heteroatoms. The zero-order chi connectivity index (χ0) is 14.8. The largest absolute Gasteiger partial charge is 0.383 e. The molecule has 0 spiro atoms. The molecule has 0 fully saturated rings. The Morgan fingerprint density at radius 2 is 2.43 bits per heavy atom. The predicted octanol–water partition coefficient (Wildman–Crippen LogP) is 3.19. The average Bonchev–Trinajstić information content (AvgIpc) is 3.08. The van der Waals surface area contributed by atoms with Crippen molar-refractivity contribution in [2.45, 2.75) is 24.8 Å². The van der Waals surface area contributed by atoms with E-state index in [4.69, 9.17) is 10.5 Å². The van der Waals surface area contributed by atoms with Gasteiger partial charge < -0.3 is 10.5 Å². The smallest absolute Gasteiger partial charge is 0.0828 e. The van der Waals surface area contributed by atoms with Gasteiger partial charge in [-0.05, 0) is 39.7 Å². The van der Waals surface area contributed by atoms with Crippen LogP contribution in [0.4, 0.5) is 0 Å². The van der Waals surface area contributed by atoms with Crippen LogP contribution < -0.4 is 5.73 Å². The Balaban J connectivity index is 1.89. The van der Waals surface area contributed by atoms with Crippen LogP contribution in [0.15, 0.2) is 16.7 Å². The normalized spacial score (nSPS) is 16.0. The van der Waals surface area contributed by atoms with Crippen LogP contribution >= 0.6 is 39.0 Å². The van der Waals surface area contributed by atoms with E-state index in [1.807, 2.05) is 34.0 Å². The van der Waals surface area contributed by atoms with Gasteiger partial charge in [0, 0.05) is 22.6 Å². The van der Waals surface area contributed by atoms with Gasteiger partial charge in [-0.3, -0.25) is 4.68 Å². The molecule has 0 saturated carbocycles. The molecule has 0 bridgehead atoms. The number of thiophene rings is 1. The van der Waals surface area contributed by atoms with Gasteiger partial charge >= 0.3 is 0 Å². The van der Waals surface area contributed by atoms with Gasteiger partial charge in [-0.25, -0.2) is 0 Å². The number of aromatic nitrogens is 2. The number of fused-ring (bicyclic) bond motifs is 1. The zero-order valence-electron chi connectivity index (χ0n) is 11.8. The molecule has 3 rings (SSSR count). The molecule has 0 aromatic carbocycles. The maximum Gasteiger partial charge on any atom is 0.0828 e. The van der Waals surface area contributed by atoms with Crippen LogP contribution in [0.3, 0.4) is 0 Å². The maximum atomic E-state index is 6.52. The van der Waals surface area contributed by atoms with Crippen molar-refractivity contribution >= 4 is 39.0 Å². The first-order valence-electron chi connectivity index (χ1n) is 6.85. The SMILES string of the molecule is COCCn1ncc(Br)c1C(N)c1cc2c(s1)CCSC2. The number of hydrogen-bond donors (Lipinski definition) is 1. The Kier molecular flexibility index (Phi) is 5.06. The summed E-state index contributed by atoms with van der Waals surface area (Å²) >= 11 is 7.43. The Labute approximate surface area is 141 Å². The number of methoxy groups -OCH3 is 1. The van der Waals surface area contributed by atoms with E-state index >= 15 is 0 Å². The molecule has 1 atom stereocenters. The number of thioether (sulfide) groups is 1. The van der Waals surface area contributed by atoms with Gasteiger partial charge in [0.1, 0.15) is 0 Å². The molecule has 0 amide bonds. The lowest BCUT2D eigenvalue weighted by molar-refractivity contribution is 0.182. The molecule has 0 radical (unpaired) electrons. The van der Waals surface area contributed by atoms with E-state index in [1.54, 1.807) is 7.11 Å². The minimum atomic E-state index is -0.140. The van der Waals surface area contributed by atoms with Gasteiger partial charge in [0.2, 0.25) is 0 Å². The van der Waals surface area contributed by atoms with Crippen LogP contribution in [-0.4, -0.2) is 29.3 Å². The molecule has 1 aliphatic heterocycles. The van der Waals surface area contributed by atoms with Crippen molar-refractivity contribution in [2.24, 2.45) is 5.73 Å². The topological polar surface area (TPSA) is 53.1 Å². The van der Waals surface area contributed by atoms with Crippen molar-refractivity contribution < 1.29 is 4.74 Å². The summed E-state index contributed by atoms with van der Waals surface area (Å²) in [5, 5.41) is 4.39. The van der Waals surface area contributed by atoms with E-state index in [1.165, 1.54) is 27.5 Å². The summed E-state index contributed by atoms with van der Waals surface area (Å²) in [4.78, 5) is 2.72. The molecule has 3 heterocycles. The Bertz CT molecular complexity index is 602. The highest BCUT2D eigenvalue weighted by atomic mass is 79.9. The number of aryl methyl sites for hydroxylation is 1. The Morgan fingerprint density at radius 3 is 3.19 bits per heavy atom. The zero-order valence-corrected chi connectivity index (χ0v) is 15.1. The molecular formula is C14H18BrN3OS2. The van der Waals surface area contributed by atoms with Crippen LogP contribution in [0.1, 0.15) is 27.1 Å². The summed E-state index contributed by atoms with van der Waals surface area (Å²) in [6, 6.07) is 2.14. The van der Waals surface area contributed by atoms with Crippen LogP contribution in [0.25, 0.3) is 0 Å². The number of rotatable bonds is 5. The first-order valence-corrected chi connectivity index (χ1v) is 9.62. The first kappa shape index (κ1) is 15.6. The molecule has 21 heavy (non-hydrogen) atoms. The molecule has 2 aromatic rings. The molecule has 1 aliphatic rings. The molecule has 2 N–H and O–H groups in total. The van der Waals surface area contributed by atoms with Crippen molar-refractivity contribution in [1.82, 2.24) is 9.78 Å². The average molecular weight is 388 g/mol. The number of halogens is 1. The molecular weight excluding hydrogens is 370 g/mol. The maximum absolute atomic E-state index is 6.52. The van der Waals surface area contributed by atoms with Crippen molar-refractivity contribution in [3.05, 3.63) is 37.7 Å². The minimum absolute atomic E-state index is 0.140. The molecule has 114 valence electrons. The molecule has 4 nitrogen and oxygen atoms in total. The number of nitrogens with zero attached hydrogens (tertiary/aromatic N) is 2. The first-order chi connectivity index (χ1) is 10.2. The van der Waals surface area contributed by atoms with Gasteiger partial charge in [-0.15, -0.1) is 11.3 Å². The Morgan fingerprint density at radius 1 is 1.57 bits per heavy atom. The lowest BCUT2D eigenvalue weighted by Crippen LogP contribution is -2.18. The van der Waals surface area contributed by atoms with Gasteiger partial charge in [-0.1, -0.05) is 0 Å². The second-order valence-corrected chi connectivity index (χ2v) is 8.10. The third-order valence-corrected chi connectivity index (χ3v) is 6.53. The highest BCUT2D eigenvalue weighted by Crippen LogP contribution is 2.37. The summed E-state index contributed by atoms with van der Waals surface area (Å²) in [7, 11) is 1.70. The van der Waals surface area contributed by atoms with E-state index in [0.717, 1.165) is 15.9 Å². The molecule has 0 saturated heterocycles. The van der Waals surface area contributed by atoms with Gasteiger partial charge in [0.25, 0.3) is 0 Å². The van der Waals surface area contributed by atoms with Crippen LogP contribution in [0.5, 0.6) is 0 Å². The van der Waals surface area contributed by atoms with Gasteiger partial charge in [0.05, 0.1) is 35.6 Å². The van der Waals surface area contributed by atoms with Crippen molar-refractivity contribution in [2.75, 3.05) is 19.5 Å². The number of hydrogen-bond acceptors (Lipinski definition) is 5. The van der Waals surface area contributed by atoms with Crippen molar-refractivity contribution in [1.29, 1.82) is 0 Å². The lowest BCUT2D eigenvalue weighted by Gasteiger charge is -2.13. The van der Waals surface area contributed by atoms with E-state index in [0.29, 0.717) is 13.2 Å². The summed E-state index contributed by atoms with van der Waals surface area (Å²) in [6.45, 7) is 1.34. The highest BCUT2D eigenvalue weighted by Gasteiger charge is 2.22. The second-order valence-electron chi connectivity index (χ2n) is 4.97. The predicted molar refractivity (Wildman–Crippen MR) is 92.0 cm³/mol. The van der Waals surface area contributed by atoms with E-state index in [9.17, 15) is 0 Å². The fourth-order valence-corrected chi connectivity index (χ4v) is 5.42. The van der Waals surface area contributed by atoms with Crippen LogP contribution in [-0.2, 0) is 23.5 Å². The number of nitrogens with two attached hydrogens (primary N) is 1. The van der Waals surface area contributed by atoms with Crippen LogP contribution in [0, 0.1) is 0 Å². The van der Waals surface area contributed by atoms with Crippen molar-refractivity contribution in [3.63, 3.8) is 0 Å². The van der Waals surface area contributed by atoms with Gasteiger partial charge in [-0.2, -0.15) is 16.9 Å². The molecule has 1 unspecified atom stereocenters.